The summed E-state index contributed by atoms with van der Waals surface area (Å²) >= 11 is 3.42. The molecule has 1 aromatic heterocycles. The molecule has 0 spiro atoms. The number of nitrogens with zero attached hydrogens (tertiary/aromatic N) is 2. The number of thioether (sulfide) groups is 1. The van der Waals surface area contributed by atoms with Gasteiger partial charge in [-0.25, -0.2) is 4.98 Å². The summed E-state index contributed by atoms with van der Waals surface area (Å²) in [6.07, 6.45) is 0. The molecule has 1 amide bonds. The van der Waals surface area contributed by atoms with E-state index in [1.165, 1.54) is 0 Å². The molecule has 28 heavy (non-hydrogen) atoms. The van der Waals surface area contributed by atoms with Crippen molar-refractivity contribution in [3.8, 4) is 0 Å². The van der Waals surface area contributed by atoms with Crippen LogP contribution >= 0.6 is 23.1 Å². The Bertz CT molecular complexity index is 755. The van der Waals surface area contributed by atoms with Crippen molar-refractivity contribution in [2.24, 2.45) is 5.92 Å². The van der Waals surface area contributed by atoms with Crippen molar-refractivity contribution in [2.75, 3.05) is 32.8 Å². The van der Waals surface area contributed by atoms with Gasteiger partial charge in [-0.3, -0.25) is 9.69 Å². The number of aromatic nitrogens is 1. The SMILES string of the molecule is Cc1nc(CSc2ccc(C(=O)NCC(C(C)C)N3CCOCC3)cc2)cs1. The molecule has 0 saturated carbocycles. The second-order valence-electron chi connectivity index (χ2n) is 7.34. The first kappa shape index (κ1) is 21.3. The van der Waals surface area contributed by atoms with E-state index in [4.69, 9.17) is 4.74 Å². The topological polar surface area (TPSA) is 54.5 Å². The molecule has 1 saturated heterocycles. The summed E-state index contributed by atoms with van der Waals surface area (Å²) in [4.78, 5) is 20.6. The van der Waals surface area contributed by atoms with Crippen LogP contribution in [0.25, 0.3) is 0 Å². The van der Waals surface area contributed by atoms with Gasteiger partial charge < -0.3 is 10.1 Å². The number of carbonyl (C=O) groups is 1. The Morgan fingerprint density at radius 2 is 2.00 bits per heavy atom. The monoisotopic (exact) mass is 419 g/mol. The van der Waals surface area contributed by atoms with Gasteiger partial charge >= 0.3 is 0 Å². The molecule has 1 atom stereocenters. The highest BCUT2D eigenvalue weighted by Gasteiger charge is 2.24. The Kier molecular flexibility index (Phi) is 7.91. The van der Waals surface area contributed by atoms with Crippen LogP contribution < -0.4 is 5.32 Å². The number of morpholine rings is 1. The smallest absolute Gasteiger partial charge is 0.251 e. The molecule has 1 aromatic carbocycles. The minimum Gasteiger partial charge on any atom is -0.379 e. The summed E-state index contributed by atoms with van der Waals surface area (Å²) in [5, 5.41) is 6.32. The van der Waals surface area contributed by atoms with E-state index < -0.39 is 0 Å². The van der Waals surface area contributed by atoms with Crippen molar-refractivity contribution < 1.29 is 9.53 Å². The van der Waals surface area contributed by atoms with Crippen LogP contribution in [-0.4, -0.2) is 54.7 Å². The van der Waals surface area contributed by atoms with Crippen molar-refractivity contribution >= 4 is 29.0 Å². The molecular weight excluding hydrogens is 390 g/mol. The minimum atomic E-state index is -0.00872. The zero-order valence-electron chi connectivity index (χ0n) is 16.8. The van der Waals surface area contributed by atoms with E-state index in [0.717, 1.165) is 47.7 Å². The van der Waals surface area contributed by atoms with Crippen molar-refractivity contribution in [2.45, 2.75) is 37.5 Å². The number of carbonyl (C=O) groups excluding carboxylic acids is 1. The molecule has 1 aliphatic rings. The maximum Gasteiger partial charge on any atom is 0.251 e. The zero-order valence-corrected chi connectivity index (χ0v) is 18.4. The van der Waals surface area contributed by atoms with Crippen LogP contribution in [-0.2, 0) is 10.5 Å². The molecule has 0 bridgehead atoms. The highest BCUT2D eigenvalue weighted by atomic mass is 32.2. The number of aryl methyl sites for hydroxylation is 1. The highest BCUT2D eigenvalue weighted by molar-refractivity contribution is 7.98. The second kappa shape index (κ2) is 10.4. The third-order valence-corrected chi connectivity index (χ3v) is 6.79. The van der Waals surface area contributed by atoms with Crippen molar-refractivity contribution in [1.82, 2.24) is 15.2 Å². The molecule has 5 nitrogen and oxygen atoms in total. The van der Waals surface area contributed by atoms with Crippen LogP contribution in [0, 0.1) is 12.8 Å². The van der Waals surface area contributed by atoms with Crippen molar-refractivity contribution in [3.63, 3.8) is 0 Å². The predicted molar refractivity (Wildman–Crippen MR) is 116 cm³/mol. The van der Waals surface area contributed by atoms with Gasteiger partial charge in [0.15, 0.2) is 0 Å². The molecule has 2 heterocycles. The second-order valence-corrected chi connectivity index (χ2v) is 9.45. The number of hydrogen-bond donors (Lipinski definition) is 1. The maximum atomic E-state index is 12.6. The largest absolute Gasteiger partial charge is 0.379 e. The fourth-order valence-electron chi connectivity index (χ4n) is 3.33. The van der Waals surface area contributed by atoms with E-state index in [-0.39, 0.29) is 5.91 Å². The lowest BCUT2D eigenvalue weighted by molar-refractivity contribution is 0.00673. The van der Waals surface area contributed by atoms with Gasteiger partial charge in [0.2, 0.25) is 0 Å². The summed E-state index contributed by atoms with van der Waals surface area (Å²) in [7, 11) is 0. The van der Waals surface area contributed by atoms with Crippen LogP contribution in [0.15, 0.2) is 34.5 Å². The Balaban J connectivity index is 1.50. The number of ether oxygens (including phenoxy) is 1. The average molecular weight is 420 g/mol. The quantitative estimate of drug-likeness (QED) is 0.659. The van der Waals surface area contributed by atoms with Crippen molar-refractivity contribution in [3.05, 3.63) is 45.9 Å². The molecule has 1 aliphatic heterocycles. The number of benzene rings is 1. The number of rotatable bonds is 8. The summed E-state index contributed by atoms with van der Waals surface area (Å²) < 4.78 is 5.45. The van der Waals surface area contributed by atoms with Gasteiger partial charge in [0.25, 0.3) is 5.91 Å². The van der Waals surface area contributed by atoms with Crippen LogP contribution in [0.5, 0.6) is 0 Å². The van der Waals surface area contributed by atoms with E-state index in [1.54, 1.807) is 23.1 Å². The number of amides is 1. The van der Waals surface area contributed by atoms with E-state index in [9.17, 15) is 4.79 Å². The molecule has 1 fully saturated rings. The lowest BCUT2D eigenvalue weighted by Crippen LogP contribution is -2.51. The third-order valence-electron chi connectivity index (χ3n) is 4.93. The Hall–Kier alpha value is -1.41. The minimum absolute atomic E-state index is 0.00872. The summed E-state index contributed by atoms with van der Waals surface area (Å²) in [5.74, 6) is 1.32. The molecule has 2 aromatic rings. The average Bonchev–Trinajstić information content (AvgIpc) is 3.12. The first-order chi connectivity index (χ1) is 13.5. The van der Waals surface area contributed by atoms with E-state index in [0.29, 0.717) is 24.1 Å². The van der Waals surface area contributed by atoms with E-state index in [1.807, 2.05) is 31.2 Å². The van der Waals surface area contributed by atoms with Gasteiger partial charge in [-0.15, -0.1) is 23.1 Å². The lowest BCUT2D eigenvalue weighted by atomic mass is 10.0. The molecule has 152 valence electrons. The molecule has 0 radical (unpaired) electrons. The van der Waals surface area contributed by atoms with Gasteiger partial charge in [0, 0.05) is 47.3 Å². The van der Waals surface area contributed by atoms with E-state index >= 15 is 0 Å². The number of thiazole rings is 1. The van der Waals surface area contributed by atoms with Crippen LogP contribution in [0.1, 0.15) is 34.9 Å². The Morgan fingerprint density at radius 1 is 1.29 bits per heavy atom. The molecule has 3 rings (SSSR count). The Labute approximate surface area is 175 Å². The summed E-state index contributed by atoms with van der Waals surface area (Å²) in [5.41, 5.74) is 1.82. The van der Waals surface area contributed by atoms with Gasteiger partial charge in [-0.05, 0) is 37.1 Å². The van der Waals surface area contributed by atoms with Gasteiger partial charge in [0.05, 0.1) is 23.9 Å². The van der Waals surface area contributed by atoms with Crippen LogP contribution in [0.4, 0.5) is 0 Å². The number of nitrogens with one attached hydrogen (secondary N) is 1. The molecule has 7 heteroatoms. The zero-order chi connectivity index (χ0) is 19.9. The lowest BCUT2D eigenvalue weighted by Gasteiger charge is -2.36. The van der Waals surface area contributed by atoms with E-state index in [2.05, 4.69) is 34.4 Å². The standard InChI is InChI=1S/C21H29N3O2S2/c1-15(2)20(24-8-10-26-11-9-24)12-22-21(25)17-4-6-19(7-5-17)28-14-18-13-27-16(3)23-18/h4-7,13,15,20H,8-12,14H2,1-3H3,(H,22,25). The first-order valence-electron chi connectivity index (χ1n) is 9.77. The first-order valence-corrected chi connectivity index (χ1v) is 11.6. The van der Waals surface area contributed by atoms with Gasteiger partial charge in [-0.2, -0.15) is 0 Å². The normalized spacial score (nSPS) is 16.3. The molecular formula is C21H29N3O2S2. The summed E-state index contributed by atoms with van der Waals surface area (Å²) in [6, 6.07) is 8.18. The van der Waals surface area contributed by atoms with Crippen molar-refractivity contribution in [1.29, 1.82) is 0 Å². The van der Waals surface area contributed by atoms with Crippen LogP contribution in [0.3, 0.4) is 0 Å². The van der Waals surface area contributed by atoms with Gasteiger partial charge in [0.1, 0.15) is 0 Å². The molecule has 1 N–H and O–H groups in total. The maximum absolute atomic E-state index is 12.6. The third kappa shape index (κ3) is 6.04. The molecule has 1 unspecified atom stereocenters. The van der Waals surface area contributed by atoms with Crippen LogP contribution in [0.2, 0.25) is 0 Å². The predicted octanol–water partition coefficient (Wildman–Crippen LogP) is 3.83. The summed E-state index contributed by atoms with van der Waals surface area (Å²) in [6.45, 7) is 10.5. The molecule has 0 aliphatic carbocycles. The number of hydrogen-bond acceptors (Lipinski definition) is 6. The van der Waals surface area contributed by atoms with Gasteiger partial charge in [-0.1, -0.05) is 13.8 Å². The fourth-order valence-corrected chi connectivity index (χ4v) is 4.84. The highest BCUT2D eigenvalue weighted by Crippen LogP contribution is 2.24. The fraction of sp³-hybridized carbons (Fsp3) is 0.524. The Morgan fingerprint density at radius 3 is 2.61 bits per heavy atom.